The van der Waals surface area contributed by atoms with E-state index in [1.165, 1.54) is 6.33 Å². The van der Waals surface area contributed by atoms with E-state index in [9.17, 15) is 4.79 Å². The van der Waals surface area contributed by atoms with E-state index in [4.69, 9.17) is 10.5 Å². The largest absolute Gasteiger partial charge is 0.465 e. The van der Waals surface area contributed by atoms with Gasteiger partial charge in [0, 0.05) is 18.0 Å². The highest BCUT2D eigenvalue weighted by molar-refractivity contribution is 5.85. The second-order valence-corrected chi connectivity index (χ2v) is 4.39. The summed E-state index contributed by atoms with van der Waals surface area (Å²) in [5.74, 6) is -0.368. The summed E-state index contributed by atoms with van der Waals surface area (Å²) in [5.41, 5.74) is 8.76. The Labute approximate surface area is 142 Å². The molecule has 0 saturated carbocycles. The van der Waals surface area contributed by atoms with Gasteiger partial charge in [0.15, 0.2) is 0 Å². The molecule has 0 amide bonds. The van der Waals surface area contributed by atoms with Gasteiger partial charge in [0.1, 0.15) is 12.4 Å². The van der Waals surface area contributed by atoms with E-state index in [1.807, 2.05) is 24.3 Å². The third-order valence-corrected chi connectivity index (χ3v) is 2.89. The minimum absolute atomic E-state index is 0. The Morgan fingerprint density at radius 2 is 1.73 bits per heavy atom. The van der Waals surface area contributed by atoms with Gasteiger partial charge in [-0.25, -0.2) is 9.97 Å². The molecule has 0 aliphatic rings. The number of benzene rings is 1. The van der Waals surface area contributed by atoms with Crippen molar-refractivity contribution in [2.45, 2.75) is 19.4 Å². The Morgan fingerprint density at radius 3 is 2.27 bits per heavy atom. The minimum atomic E-state index is -0.624. The van der Waals surface area contributed by atoms with E-state index in [-0.39, 0.29) is 30.8 Å². The highest BCUT2D eigenvalue weighted by atomic mass is 35.5. The maximum atomic E-state index is 11.5. The van der Waals surface area contributed by atoms with Crippen molar-refractivity contribution in [3.63, 3.8) is 0 Å². The molecule has 120 valence electrons. The first kappa shape index (κ1) is 20.3. The zero-order valence-electron chi connectivity index (χ0n) is 12.1. The average molecular weight is 344 g/mol. The molecule has 1 aromatic carbocycles. The highest BCUT2D eigenvalue weighted by Gasteiger charge is 2.14. The number of halogens is 2. The number of ether oxygens (including phenoxy) is 1. The summed E-state index contributed by atoms with van der Waals surface area (Å²) < 4.78 is 4.89. The van der Waals surface area contributed by atoms with Gasteiger partial charge in [-0.3, -0.25) is 4.79 Å². The normalized spacial score (nSPS) is 10.8. The lowest BCUT2D eigenvalue weighted by Gasteiger charge is -2.10. The van der Waals surface area contributed by atoms with E-state index in [1.54, 1.807) is 19.3 Å². The molecule has 0 bridgehead atoms. The molecule has 5 nitrogen and oxygen atoms in total. The highest BCUT2D eigenvalue weighted by Crippen LogP contribution is 2.18. The van der Waals surface area contributed by atoms with E-state index in [0.717, 1.165) is 16.7 Å². The number of esters is 1. The van der Waals surface area contributed by atoms with Gasteiger partial charge in [-0.1, -0.05) is 24.3 Å². The molecule has 1 aromatic heterocycles. The summed E-state index contributed by atoms with van der Waals surface area (Å²) in [7, 11) is 0. The molecule has 2 aromatic rings. The van der Waals surface area contributed by atoms with Crippen molar-refractivity contribution in [2.75, 3.05) is 6.61 Å². The Bertz CT molecular complexity index is 565. The molecular formula is C15H19Cl2N3O2. The molecule has 1 heterocycles. The van der Waals surface area contributed by atoms with Crippen molar-refractivity contribution in [2.24, 2.45) is 5.73 Å². The first-order valence-electron chi connectivity index (χ1n) is 6.47. The first-order chi connectivity index (χ1) is 9.70. The van der Waals surface area contributed by atoms with Crippen LogP contribution in [0, 0.1) is 0 Å². The van der Waals surface area contributed by atoms with Crippen LogP contribution in [-0.4, -0.2) is 28.6 Å². The van der Waals surface area contributed by atoms with Gasteiger partial charge < -0.3 is 10.5 Å². The molecule has 2 N–H and O–H groups in total. The number of hydrogen-bond acceptors (Lipinski definition) is 5. The monoisotopic (exact) mass is 343 g/mol. The van der Waals surface area contributed by atoms with Crippen molar-refractivity contribution in [1.29, 1.82) is 0 Å². The molecule has 0 aliphatic heterocycles. The third kappa shape index (κ3) is 5.60. The van der Waals surface area contributed by atoms with Crippen LogP contribution in [0.25, 0.3) is 11.1 Å². The van der Waals surface area contributed by atoms with E-state index in [2.05, 4.69) is 9.97 Å². The zero-order chi connectivity index (χ0) is 14.4. The molecule has 0 fully saturated rings. The summed E-state index contributed by atoms with van der Waals surface area (Å²) in [4.78, 5) is 19.4. The molecule has 0 aliphatic carbocycles. The van der Waals surface area contributed by atoms with Crippen LogP contribution in [0.1, 0.15) is 12.5 Å². The maximum Gasteiger partial charge on any atom is 0.323 e. The van der Waals surface area contributed by atoms with Crippen LogP contribution in [0.2, 0.25) is 0 Å². The lowest BCUT2D eigenvalue weighted by atomic mass is 10.0. The predicted molar refractivity (Wildman–Crippen MR) is 90.3 cm³/mol. The molecule has 1 atom stereocenters. The summed E-state index contributed by atoms with van der Waals surface area (Å²) in [6, 6.07) is 7.20. The molecule has 0 radical (unpaired) electrons. The standard InChI is InChI=1S/C15H17N3O2.2ClH/c1-2-20-15(19)14(16)7-11-3-5-12(6-4-11)13-8-17-10-18-9-13;;/h3-6,8-10,14H,2,7,16H2,1H3;2*1H. The number of hydrogen-bond donors (Lipinski definition) is 1. The van der Waals surface area contributed by atoms with Crippen molar-refractivity contribution in [3.8, 4) is 11.1 Å². The summed E-state index contributed by atoms with van der Waals surface area (Å²) in [6.45, 7) is 2.11. The number of rotatable bonds is 5. The molecule has 2 rings (SSSR count). The van der Waals surface area contributed by atoms with Crippen molar-refractivity contribution in [1.82, 2.24) is 9.97 Å². The van der Waals surface area contributed by atoms with Crippen molar-refractivity contribution < 1.29 is 9.53 Å². The van der Waals surface area contributed by atoms with Crippen LogP contribution in [0.4, 0.5) is 0 Å². The Hall–Kier alpha value is -1.69. The van der Waals surface area contributed by atoms with Gasteiger partial charge in [0.05, 0.1) is 6.61 Å². The summed E-state index contributed by atoms with van der Waals surface area (Å²) in [6.07, 6.45) is 5.47. The van der Waals surface area contributed by atoms with E-state index >= 15 is 0 Å². The van der Waals surface area contributed by atoms with Crippen LogP contribution >= 0.6 is 24.8 Å². The predicted octanol–water partition coefficient (Wildman–Crippen LogP) is 2.42. The topological polar surface area (TPSA) is 78.1 Å². The second kappa shape index (κ2) is 10.1. The number of nitrogens with zero attached hydrogens (tertiary/aromatic N) is 2. The Morgan fingerprint density at radius 1 is 1.14 bits per heavy atom. The molecule has 0 spiro atoms. The first-order valence-corrected chi connectivity index (χ1v) is 6.47. The fraction of sp³-hybridized carbons (Fsp3) is 0.267. The average Bonchev–Trinajstić information content (AvgIpc) is 2.49. The van der Waals surface area contributed by atoms with E-state index in [0.29, 0.717) is 13.0 Å². The third-order valence-electron chi connectivity index (χ3n) is 2.89. The van der Waals surface area contributed by atoms with Gasteiger partial charge in [-0.05, 0) is 24.5 Å². The van der Waals surface area contributed by atoms with Gasteiger partial charge in [0.25, 0.3) is 0 Å². The van der Waals surface area contributed by atoms with Crippen molar-refractivity contribution in [3.05, 3.63) is 48.5 Å². The molecule has 1 unspecified atom stereocenters. The quantitative estimate of drug-likeness (QED) is 0.843. The minimum Gasteiger partial charge on any atom is -0.465 e. The van der Waals surface area contributed by atoms with Crippen LogP contribution in [0.5, 0.6) is 0 Å². The SMILES string of the molecule is CCOC(=O)C(N)Cc1ccc(-c2cncnc2)cc1.Cl.Cl. The van der Waals surface area contributed by atoms with Gasteiger partial charge in [0.2, 0.25) is 0 Å². The van der Waals surface area contributed by atoms with Gasteiger partial charge >= 0.3 is 5.97 Å². The number of aromatic nitrogens is 2. The van der Waals surface area contributed by atoms with Crippen molar-refractivity contribution >= 4 is 30.8 Å². The smallest absolute Gasteiger partial charge is 0.323 e. The second-order valence-electron chi connectivity index (χ2n) is 4.39. The lowest BCUT2D eigenvalue weighted by Crippen LogP contribution is -2.34. The Balaban J connectivity index is 0.00000220. The molecule has 7 heteroatoms. The Kier molecular flexibility index (Phi) is 9.33. The molecule has 0 saturated heterocycles. The van der Waals surface area contributed by atoms with E-state index < -0.39 is 6.04 Å². The number of carbonyl (C=O) groups excluding carboxylic acids is 1. The molecular weight excluding hydrogens is 325 g/mol. The summed E-state index contributed by atoms with van der Waals surface area (Å²) in [5, 5.41) is 0. The van der Waals surface area contributed by atoms with Crippen LogP contribution in [-0.2, 0) is 16.0 Å². The number of nitrogens with two attached hydrogens (primary N) is 1. The zero-order valence-corrected chi connectivity index (χ0v) is 13.8. The number of carbonyl (C=O) groups is 1. The molecule has 22 heavy (non-hydrogen) atoms. The van der Waals surface area contributed by atoms with Crippen LogP contribution in [0.15, 0.2) is 43.0 Å². The van der Waals surface area contributed by atoms with Gasteiger partial charge in [-0.15, -0.1) is 24.8 Å². The van der Waals surface area contributed by atoms with Crippen LogP contribution in [0.3, 0.4) is 0 Å². The fourth-order valence-corrected chi connectivity index (χ4v) is 1.87. The van der Waals surface area contributed by atoms with Crippen LogP contribution < -0.4 is 5.73 Å². The summed E-state index contributed by atoms with van der Waals surface area (Å²) >= 11 is 0. The lowest BCUT2D eigenvalue weighted by molar-refractivity contribution is -0.144. The fourth-order valence-electron chi connectivity index (χ4n) is 1.87. The maximum absolute atomic E-state index is 11.5. The van der Waals surface area contributed by atoms with Gasteiger partial charge in [-0.2, -0.15) is 0 Å².